The number of hydrogen-bond donors (Lipinski definition) is 0. The van der Waals surface area contributed by atoms with Crippen LogP contribution >= 0.6 is 22.9 Å². The highest BCUT2D eigenvalue weighted by Crippen LogP contribution is 2.31. The van der Waals surface area contributed by atoms with Gasteiger partial charge in [-0.3, -0.25) is 4.40 Å². The summed E-state index contributed by atoms with van der Waals surface area (Å²) in [6, 6.07) is 7.85. The zero-order chi connectivity index (χ0) is 18.4. The van der Waals surface area contributed by atoms with Crippen molar-refractivity contribution in [1.29, 1.82) is 0 Å². The van der Waals surface area contributed by atoms with Crippen molar-refractivity contribution in [3.05, 3.63) is 88.2 Å². The summed E-state index contributed by atoms with van der Waals surface area (Å²) in [6.07, 6.45) is 14.2. The number of carbonyl (C=O) groups is 1. The van der Waals surface area contributed by atoms with E-state index in [9.17, 15) is 4.79 Å². The van der Waals surface area contributed by atoms with E-state index < -0.39 is 0 Å². The summed E-state index contributed by atoms with van der Waals surface area (Å²) in [6.45, 7) is 0. The van der Waals surface area contributed by atoms with Gasteiger partial charge >= 0.3 is 5.97 Å². The molecule has 0 fully saturated rings. The van der Waals surface area contributed by atoms with Crippen LogP contribution < -0.4 is 0 Å². The van der Waals surface area contributed by atoms with Gasteiger partial charge in [-0.25, -0.2) is 9.78 Å². The second-order valence-electron chi connectivity index (χ2n) is 6.58. The molecule has 0 unspecified atom stereocenters. The molecule has 5 rings (SSSR count). The van der Waals surface area contributed by atoms with Gasteiger partial charge in [-0.05, 0) is 17.7 Å². The fourth-order valence-corrected chi connectivity index (χ4v) is 4.58. The minimum absolute atomic E-state index is 0.0678. The molecule has 6 heteroatoms. The van der Waals surface area contributed by atoms with E-state index in [2.05, 4.69) is 4.98 Å². The van der Waals surface area contributed by atoms with Crippen molar-refractivity contribution in [2.75, 3.05) is 0 Å². The lowest BCUT2D eigenvalue weighted by atomic mass is 9.92. The average molecular weight is 395 g/mol. The summed E-state index contributed by atoms with van der Waals surface area (Å²) in [5.74, 6) is -0.253. The number of esters is 1. The third-order valence-corrected chi connectivity index (χ3v) is 6.11. The Hall–Kier alpha value is -2.63. The number of thiazole rings is 1. The highest BCUT2D eigenvalue weighted by atomic mass is 35.5. The molecule has 0 N–H and O–H groups in total. The van der Waals surface area contributed by atoms with Crippen molar-refractivity contribution in [3.8, 4) is 0 Å². The first kappa shape index (κ1) is 16.5. The molecule has 1 aliphatic carbocycles. The van der Waals surface area contributed by atoms with Gasteiger partial charge in [-0.2, -0.15) is 0 Å². The first-order valence-electron chi connectivity index (χ1n) is 8.66. The number of rotatable bonds is 3. The number of nitrogens with zero attached hydrogens (tertiary/aromatic N) is 2. The maximum Gasteiger partial charge on any atom is 0.340 e. The van der Waals surface area contributed by atoms with E-state index >= 15 is 0 Å². The second-order valence-corrected chi connectivity index (χ2v) is 8.08. The first-order valence-corrected chi connectivity index (χ1v) is 9.86. The van der Waals surface area contributed by atoms with E-state index in [0.717, 1.165) is 26.8 Å². The van der Waals surface area contributed by atoms with Crippen molar-refractivity contribution in [1.82, 2.24) is 9.38 Å². The summed E-state index contributed by atoms with van der Waals surface area (Å²) < 4.78 is 7.50. The van der Waals surface area contributed by atoms with Crippen LogP contribution in [-0.2, 0) is 16.0 Å². The Morgan fingerprint density at radius 3 is 2.89 bits per heavy atom. The van der Waals surface area contributed by atoms with Crippen LogP contribution in [0.1, 0.15) is 16.1 Å². The third kappa shape index (κ3) is 3.03. The Morgan fingerprint density at radius 2 is 2.04 bits per heavy atom. The van der Waals surface area contributed by atoms with E-state index in [1.807, 2.05) is 71.4 Å². The molecule has 0 spiro atoms. The maximum atomic E-state index is 12.4. The minimum Gasteiger partial charge on any atom is -0.454 e. The summed E-state index contributed by atoms with van der Waals surface area (Å²) in [5.41, 5.74) is 2.27. The molecule has 2 aliphatic rings. The average Bonchev–Trinajstić information content (AvgIpc) is 3.21. The highest BCUT2D eigenvalue weighted by Gasteiger charge is 2.31. The lowest BCUT2D eigenvalue weighted by molar-refractivity contribution is -0.141. The first-order chi connectivity index (χ1) is 13.2. The number of aromatic nitrogens is 2. The predicted octanol–water partition coefficient (Wildman–Crippen LogP) is 4.69. The smallest absolute Gasteiger partial charge is 0.340 e. The van der Waals surface area contributed by atoms with Crippen molar-refractivity contribution >= 4 is 39.4 Å². The zero-order valence-corrected chi connectivity index (χ0v) is 15.8. The molecule has 0 saturated heterocycles. The normalized spacial score (nSPS) is 21.2. The number of carbonyl (C=O) groups excluding carboxylic acids is 1. The van der Waals surface area contributed by atoms with Crippen molar-refractivity contribution < 1.29 is 9.53 Å². The molecular formula is C21H15ClN2O2S. The zero-order valence-electron chi connectivity index (χ0n) is 14.2. The van der Waals surface area contributed by atoms with Gasteiger partial charge < -0.3 is 4.74 Å². The van der Waals surface area contributed by atoms with Crippen molar-refractivity contribution in [2.24, 2.45) is 5.92 Å². The number of allylic oxidation sites excluding steroid dienone is 2. The van der Waals surface area contributed by atoms with Gasteiger partial charge in [0.2, 0.25) is 0 Å². The largest absolute Gasteiger partial charge is 0.454 e. The number of hydrogen-bond acceptors (Lipinski definition) is 4. The van der Waals surface area contributed by atoms with Gasteiger partial charge in [-0.1, -0.05) is 54.1 Å². The topological polar surface area (TPSA) is 43.6 Å². The molecule has 0 amide bonds. The fourth-order valence-electron chi connectivity index (χ4n) is 3.39. The van der Waals surface area contributed by atoms with Gasteiger partial charge in [0.25, 0.3) is 0 Å². The van der Waals surface area contributed by atoms with E-state index in [-0.39, 0.29) is 18.0 Å². The molecule has 3 aromatic rings. The lowest BCUT2D eigenvalue weighted by Crippen LogP contribution is -2.29. The molecule has 0 bridgehead atoms. The maximum absolute atomic E-state index is 12.4. The van der Waals surface area contributed by atoms with Crippen LogP contribution in [0.4, 0.5) is 0 Å². The molecule has 4 nitrogen and oxygen atoms in total. The van der Waals surface area contributed by atoms with Crippen LogP contribution in [-0.4, -0.2) is 21.5 Å². The minimum atomic E-state index is -0.321. The summed E-state index contributed by atoms with van der Waals surface area (Å²) in [5, 5.41) is 0.767. The Kier molecular flexibility index (Phi) is 3.99. The summed E-state index contributed by atoms with van der Waals surface area (Å²) >= 11 is 7.86. The predicted molar refractivity (Wildman–Crippen MR) is 107 cm³/mol. The second kappa shape index (κ2) is 6.51. The Bertz CT molecular complexity index is 1110. The van der Waals surface area contributed by atoms with Gasteiger partial charge in [0.1, 0.15) is 6.10 Å². The number of halogens is 1. The molecule has 134 valence electrons. The number of ether oxygens (including phenoxy) is 1. The third-order valence-electron chi connectivity index (χ3n) is 4.75. The van der Waals surface area contributed by atoms with Gasteiger partial charge in [-0.15, -0.1) is 11.3 Å². The fraction of sp³-hybridized carbons (Fsp3) is 0.143. The van der Waals surface area contributed by atoms with Gasteiger partial charge in [0.15, 0.2) is 4.96 Å². The van der Waals surface area contributed by atoms with E-state index in [1.54, 1.807) is 11.3 Å². The van der Waals surface area contributed by atoms with Crippen LogP contribution in [0.25, 0.3) is 10.5 Å². The SMILES string of the molecule is O=C1O[C@H]2C=CC=C[C@@H]2C=C1c1cn2cc(Cc3ccccc3Cl)sc2n1. The lowest BCUT2D eigenvalue weighted by Gasteiger charge is -2.26. The number of fused-ring (bicyclic) bond motifs is 2. The summed E-state index contributed by atoms with van der Waals surface area (Å²) in [4.78, 5) is 19.0. The van der Waals surface area contributed by atoms with Crippen LogP contribution in [0, 0.1) is 5.92 Å². The number of imidazole rings is 1. The molecule has 0 radical (unpaired) electrons. The molecule has 2 atom stereocenters. The van der Waals surface area contributed by atoms with Gasteiger partial charge in [0.05, 0.1) is 11.3 Å². The standard InChI is InChI=1S/C21H15ClN2O2S/c22-17-7-3-1-5-13(17)9-15-11-24-12-18(23-21(24)27-15)16-10-14-6-2-4-8-19(14)26-20(16)25/h1-8,10-12,14,19H,9H2/t14-,19+/m1/s1. The monoisotopic (exact) mass is 394 g/mol. The molecule has 27 heavy (non-hydrogen) atoms. The number of benzene rings is 1. The molecular weight excluding hydrogens is 380 g/mol. The molecule has 3 heterocycles. The van der Waals surface area contributed by atoms with Crippen LogP contribution in [0.5, 0.6) is 0 Å². The van der Waals surface area contributed by atoms with E-state index in [1.165, 1.54) is 0 Å². The van der Waals surface area contributed by atoms with Crippen LogP contribution in [0.15, 0.2) is 67.0 Å². The Balaban J connectivity index is 1.44. The van der Waals surface area contributed by atoms with Crippen molar-refractivity contribution in [2.45, 2.75) is 12.5 Å². The quantitative estimate of drug-likeness (QED) is 0.605. The Morgan fingerprint density at radius 1 is 1.19 bits per heavy atom. The van der Waals surface area contributed by atoms with Crippen molar-refractivity contribution in [3.63, 3.8) is 0 Å². The van der Waals surface area contributed by atoms with Crippen LogP contribution in [0.2, 0.25) is 5.02 Å². The van der Waals surface area contributed by atoms with Crippen LogP contribution in [0.3, 0.4) is 0 Å². The highest BCUT2D eigenvalue weighted by molar-refractivity contribution is 7.17. The van der Waals surface area contributed by atoms with E-state index in [0.29, 0.717) is 11.3 Å². The molecule has 2 aromatic heterocycles. The molecule has 1 aromatic carbocycles. The molecule has 0 saturated carbocycles. The van der Waals surface area contributed by atoms with Gasteiger partial charge in [0, 0.05) is 34.6 Å². The summed E-state index contributed by atoms with van der Waals surface area (Å²) in [7, 11) is 0. The molecule has 1 aliphatic heterocycles. The Labute approximate surface area is 165 Å². The van der Waals surface area contributed by atoms with E-state index in [4.69, 9.17) is 16.3 Å².